The number of carbonyl (C=O) groups excluding carboxylic acids is 1. The van der Waals surface area contributed by atoms with Crippen molar-refractivity contribution < 1.29 is 9.90 Å². The van der Waals surface area contributed by atoms with Crippen LogP contribution < -0.4 is 11.1 Å². The summed E-state index contributed by atoms with van der Waals surface area (Å²) in [5, 5.41) is 19.2. The van der Waals surface area contributed by atoms with Gasteiger partial charge in [-0.3, -0.25) is 9.48 Å². The maximum Gasteiger partial charge on any atom is 0.245 e. The minimum atomic E-state index is -0.318. The lowest BCUT2D eigenvalue weighted by Gasteiger charge is -2.14. The number of hydrogen-bond acceptors (Lipinski definition) is 5. The number of aryl methyl sites for hydroxylation is 2. The second kappa shape index (κ2) is 8.22. The number of hydrogen-bond donors (Lipinski definition) is 3. The number of pyridine rings is 1. The van der Waals surface area contributed by atoms with Gasteiger partial charge < -0.3 is 20.7 Å². The summed E-state index contributed by atoms with van der Waals surface area (Å²) in [6.07, 6.45) is 3.26. The first kappa shape index (κ1) is 21.2. The van der Waals surface area contributed by atoms with Crippen molar-refractivity contribution in [3.8, 4) is 17.0 Å². The topological polar surface area (TPSA) is 111 Å². The van der Waals surface area contributed by atoms with Gasteiger partial charge in [-0.25, -0.2) is 4.98 Å². The molecule has 1 aromatic carbocycles. The normalized spacial score (nSPS) is 11.3. The second-order valence-corrected chi connectivity index (χ2v) is 7.95. The molecule has 0 fully saturated rings. The van der Waals surface area contributed by atoms with Crippen LogP contribution in [-0.2, 0) is 24.9 Å². The number of amides is 1. The lowest BCUT2D eigenvalue weighted by molar-refractivity contribution is -0.116. The Morgan fingerprint density at radius 3 is 2.71 bits per heavy atom. The predicted molar refractivity (Wildman–Crippen MR) is 121 cm³/mol. The number of carbonyl (C=O) groups is 1. The molecule has 0 aliphatic heterocycles. The molecule has 8 nitrogen and oxygen atoms in total. The van der Waals surface area contributed by atoms with Gasteiger partial charge >= 0.3 is 0 Å². The molecule has 0 saturated carbocycles. The molecule has 4 aromatic rings. The van der Waals surface area contributed by atoms with Gasteiger partial charge in [0.05, 0.1) is 6.20 Å². The van der Waals surface area contributed by atoms with Crippen LogP contribution >= 0.6 is 23.2 Å². The van der Waals surface area contributed by atoms with Crippen molar-refractivity contribution in [2.45, 2.75) is 20.0 Å². The number of fused-ring (bicyclic) bond motifs is 1. The van der Waals surface area contributed by atoms with E-state index in [1.807, 2.05) is 13.0 Å². The second-order valence-electron chi connectivity index (χ2n) is 7.11. The molecule has 1 amide bonds. The first-order valence-electron chi connectivity index (χ1n) is 9.44. The molecule has 0 saturated heterocycles. The largest absolute Gasteiger partial charge is 0.493 e. The average Bonchev–Trinajstić information content (AvgIpc) is 3.25. The van der Waals surface area contributed by atoms with E-state index in [0.717, 1.165) is 16.7 Å². The van der Waals surface area contributed by atoms with Crippen molar-refractivity contribution in [3.63, 3.8) is 0 Å². The number of aromatic hydroxyl groups is 1. The lowest BCUT2D eigenvalue weighted by Crippen LogP contribution is -2.19. The fraction of sp³-hybridized carbons (Fsp3) is 0.190. The highest BCUT2D eigenvalue weighted by molar-refractivity contribution is 6.36. The van der Waals surface area contributed by atoms with E-state index in [1.54, 1.807) is 42.3 Å². The highest BCUT2D eigenvalue weighted by Gasteiger charge is 2.22. The molecule has 31 heavy (non-hydrogen) atoms. The Labute approximate surface area is 188 Å². The zero-order chi connectivity index (χ0) is 22.3. The van der Waals surface area contributed by atoms with Crippen molar-refractivity contribution in [1.29, 1.82) is 0 Å². The number of nitrogens with one attached hydrogen (secondary N) is 1. The van der Waals surface area contributed by atoms with Crippen molar-refractivity contribution in [2.24, 2.45) is 12.8 Å². The quantitative estimate of drug-likeness (QED) is 0.420. The number of benzene rings is 1. The molecule has 10 heteroatoms. The van der Waals surface area contributed by atoms with Gasteiger partial charge in [-0.15, -0.1) is 0 Å². The smallest absolute Gasteiger partial charge is 0.245 e. The number of anilines is 1. The van der Waals surface area contributed by atoms with E-state index in [9.17, 15) is 9.90 Å². The summed E-state index contributed by atoms with van der Waals surface area (Å²) in [4.78, 5) is 17.1. The lowest BCUT2D eigenvalue weighted by atomic mass is 9.96. The van der Waals surface area contributed by atoms with E-state index in [1.165, 1.54) is 4.57 Å². The molecule has 4 N–H and O–H groups in total. The number of rotatable bonds is 5. The van der Waals surface area contributed by atoms with Crippen LogP contribution in [-0.4, -0.2) is 30.3 Å². The van der Waals surface area contributed by atoms with Crippen LogP contribution in [0.4, 0.5) is 5.82 Å². The Morgan fingerprint density at radius 1 is 1.29 bits per heavy atom. The maximum atomic E-state index is 12.5. The van der Waals surface area contributed by atoms with E-state index < -0.39 is 0 Å². The molecule has 4 rings (SSSR count). The van der Waals surface area contributed by atoms with Gasteiger partial charge in [-0.2, -0.15) is 5.10 Å². The van der Waals surface area contributed by atoms with Crippen LogP contribution in [0, 0.1) is 6.92 Å². The number of halogens is 2. The molecule has 0 atom stereocenters. The van der Waals surface area contributed by atoms with Crippen LogP contribution in [0.3, 0.4) is 0 Å². The monoisotopic (exact) mass is 458 g/mol. The Hall–Kier alpha value is -3.07. The van der Waals surface area contributed by atoms with Crippen LogP contribution in [0.5, 0.6) is 5.88 Å². The fourth-order valence-corrected chi connectivity index (χ4v) is 4.11. The summed E-state index contributed by atoms with van der Waals surface area (Å²) in [5.74, 6) is 0.114. The summed E-state index contributed by atoms with van der Waals surface area (Å²) in [5.41, 5.74) is 9.34. The van der Waals surface area contributed by atoms with E-state index in [2.05, 4.69) is 15.4 Å². The SMILES string of the molecule is Cc1nc2c(O)n(CC(=O)Nc3ccnn3C)cc2c(-c2ccc(Cl)cc2Cl)c1CN. The Morgan fingerprint density at radius 2 is 2.06 bits per heavy atom. The van der Waals surface area contributed by atoms with E-state index in [4.69, 9.17) is 28.9 Å². The zero-order valence-electron chi connectivity index (χ0n) is 16.9. The summed E-state index contributed by atoms with van der Waals surface area (Å²) in [6.45, 7) is 1.94. The number of aromatic nitrogens is 4. The molecule has 0 radical (unpaired) electrons. The van der Waals surface area contributed by atoms with Crippen molar-refractivity contribution in [3.05, 3.63) is 58.0 Å². The highest BCUT2D eigenvalue weighted by atomic mass is 35.5. The van der Waals surface area contributed by atoms with Gasteiger partial charge in [0.25, 0.3) is 0 Å². The third-order valence-corrected chi connectivity index (χ3v) is 5.67. The zero-order valence-corrected chi connectivity index (χ0v) is 18.4. The van der Waals surface area contributed by atoms with Crippen molar-refractivity contribution in [2.75, 3.05) is 5.32 Å². The minimum Gasteiger partial charge on any atom is -0.493 e. The van der Waals surface area contributed by atoms with Crippen LogP contribution in [0.1, 0.15) is 11.3 Å². The van der Waals surface area contributed by atoms with Crippen LogP contribution in [0.2, 0.25) is 10.0 Å². The molecular formula is C21H20Cl2N6O2. The van der Waals surface area contributed by atoms with E-state index in [-0.39, 0.29) is 24.9 Å². The van der Waals surface area contributed by atoms with Crippen molar-refractivity contribution >= 4 is 45.8 Å². The summed E-state index contributed by atoms with van der Waals surface area (Å²) in [7, 11) is 1.72. The van der Waals surface area contributed by atoms with Gasteiger partial charge in [0, 0.05) is 58.1 Å². The first-order chi connectivity index (χ1) is 14.8. The third-order valence-electron chi connectivity index (χ3n) is 5.12. The van der Waals surface area contributed by atoms with Crippen LogP contribution in [0.25, 0.3) is 22.0 Å². The molecule has 160 valence electrons. The van der Waals surface area contributed by atoms with Crippen LogP contribution in [0.15, 0.2) is 36.7 Å². The van der Waals surface area contributed by atoms with E-state index in [0.29, 0.717) is 32.5 Å². The molecule has 0 unspecified atom stereocenters. The van der Waals surface area contributed by atoms with Gasteiger partial charge in [0.15, 0.2) is 0 Å². The Kier molecular flexibility index (Phi) is 5.62. The molecule has 0 spiro atoms. The fourth-order valence-electron chi connectivity index (χ4n) is 3.61. The number of nitrogens with two attached hydrogens (primary N) is 1. The molecule has 3 heterocycles. The first-order valence-corrected chi connectivity index (χ1v) is 10.2. The van der Waals surface area contributed by atoms with Gasteiger partial charge in [0.2, 0.25) is 11.8 Å². The molecule has 0 aliphatic carbocycles. The predicted octanol–water partition coefficient (Wildman–Crippen LogP) is 3.86. The Balaban J connectivity index is 1.82. The Bertz CT molecular complexity index is 1310. The summed E-state index contributed by atoms with van der Waals surface area (Å²) < 4.78 is 2.99. The van der Waals surface area contributed by atoms with Crippen molar-refractivity contribution in [1.82, 2.24) is 19.3 Å². The maximum absolute atomic E-state index is 12.5. The van der Waals surface area contributed by atoms with Gasteiger partial charge in [-0.1, -0.05) is 29.3 Å². The van der Waals surface area contributed by atoms with E-state index >= 15 is 0 Å². The third kappa shape index (κ3) is 3.85. The van der Waals surface area contributed by atoms with Gasteiger partial charge in [0.1, 0.15) is 17.9 Å². The van der Waals surface area contributed by atoms with Gasteiger partial charge in [-0.05, 0) is 24.6 Å². The summed E-state index contributed by atoms with van der Waals surface area (Å²) >= 11 is 12.6. The molecule has 3 aromatic heterocycles. The molecule has 0 aliphatic rings. The number of nitrogens with zero attached hydrogens (tertiary/aromatic N) is 4. The highest BCUT2D eigenvalue weighted by Crippen LogP contribution is 2.40. The average molecular weight is 459 g/mol. The standard InChI is InChI=1S/C21H20Cl2N6O2/c1-11-14(8-24)19(13-4-3-12(22)7-16(13)23)15-9-29(21(31)20(15)26-11)10-18(30)27-17-5-6-25-28(17)2/h3-7,9,31H,8,10,24H2,1-2H3,(H,27,30). The minimum absolute atomic E-state index is 0.113. The molecule has 0 bridgehead atoms. The summed E-state index contributed by atoms with van der Waals surface area (Å²) in [6, 6.07) is 6.88. The molecular weight excluding hydrogens is 439 g/mol.